The van der Waals surface area contributed by atoms with Crippen LogP contribution in [0.4, 0.5) is 22.7 Å². The van der Waals surface area contributed by atoms with Crippen LogP contribution in [0.15, 0.2) is 188 Å². The van der Waals surface area contributed by atoms with Gasteiger partial charge in [-0.25, -0.2) is 4.98 Å². The summed E-state index contributed by atoms with van der Waals surface area (Å²) in [5, 5.41) is 2.03. The Balaban J connectivity index is 0.00000436. The number of benzene rings is 7. The third kappa shape index (κ3) is 5.68. The fraction of sp³-hybridized carbons (Fsp3) is 0.0600. The number of para-hydroxylation sites is 4. The van der Waals surface area contributed by atoms with Crippen LogP contribution in [0.2, 0.25) is 0 Å². The van der Waals surface area contributed by atoms with Gasteiger partial charge in [0.05, 0.1) is 18.0 Å². The Morgan fingerprint density at radius 1 is 0.582 bits per heavy atom. The summed E-state index contributed by atoms with van der Waals surface area (Å²) in [4.78, 5) is 9.42. The Morgan fingerprint density at radius 3 is 1.95 bits per heavy atom. The number of hydrogen-bond acceptors (Lipinski definition) is 3. The van der Waals surface area contributed by atoms with Crippen molar-refractivity contribution in [1.29, 1.82) is 0 Å². The summed E-state index contributed by atoms with van der Waals surface area (Å²) in [5.41, 5.74) is 9.47. The largest absolute Gasteiger partial charge is 2.00 e. The van der Waals surface area contributed by atoms with Crippen molar-refractivity contribution in [2.45, 2.75) is 12.3 Å². The number of hydrogen-bond donors (Lipinski definition) is 0. The molecule has 9 aromatic rings. The van der Waals surface area contributed by atoms with Gasteiger partial charge in [0, 0.05) is 26.9 Å². The van der Waals surface area contributed by atoms with Gasteiger partial charge in [-0.2, -0.15) is 36.4 Å². The molecule has 0 bridgehead atoms. The smallest absolute Gasteiger partial charge is 0.345 e. The molecule has 7 aromatic carbocycles. The summed E-state index contributed by atoms with van der Waals surface area (Å²) >= 11 is 0. The van der Waals surface area contributed by atoms with Crippen molar-refractivity contribution in [1.82, 2.24) is 9.55 Å². The molecule has 55 heavy (non-hydrogen) atoms. The quantitative estimate of drug-likeness (QED) is 0.118. The molecule has 5 heteroatoms. The molecule has 0 radical (unpaired) electrons. The SMILES string of the molecule is [2H]C([2H])([2H])c1ccnc(-n2c3[c-]c(C(c4[c-]c(N5CN(c6ccccc6)c6ccccc65)ccc4)(c4ccccc4)c4ccccc4)ccc3c3ccccc32)c1.[Pt+2]. The number of anilines is 4. The maximum Gasteiger partial charge on any atom is 2.00 e. The van der Waals surface area contributed by atoms with Crippen LogP contribution in [0.25, 0.3) is 27.6 Å². The Hall–Kier alpha value is -6.22. The molecule has 0 atom stereocenters. The molecule has 266 valence electrons. The van der Waals surface area contributed by atoms with Crippen LogP contribution in [-0.2, 0) is 26.5 Å². The number of pyridine rings is 1. The van der Waals surface area contributed by atoms with Crippen molar-refractivity contribution in [3.63, 3.8) is 0 Å². The molecule has 0 unspecified atom stereocenters. The molecule has 1 aliphatic rings. The molecule has 0 amide bonds. The van der Waals surface area contributed by atoms with Gasteiger partial charge in [-0.05, 0) is 71.4 Å². The van der Waals surface area contributed by atoms with Crippen LogP contribution in [0, 0.1) is 19.0 Å². The monoisotopic (exact) mass is 890 g/mol. The van der Waals surface area contributed by atoms with E-state index in [2.05, 4.69) is 161 Å². The molecule has 4 nitrogen and oxygen atoms in total. The minimum absolute atomic E-state index is 0. The molecule has 0 aliphatic carbocycles. The normalized spacial score (nSPS) is 13.6. The van der Waals surface area contributed by atoms with E-state index in [0.29, 0.717) is 12.5 Å². The molecule has 0 N–H and O–H groups in total. The number of fused-ring (bicyclic) bond motifs is 4. The Morgan fingerprint density at radius 2 is 1.22 bits per heavy atom. The van der Waals surface area contributed by atoms with Crippen molar-refractivity contribution < 1.29 is 25.2 Å². The van der Waals surface area contributed by atoms with Gasteiger partial charge in [0.25, 0.3) is 0 Å². The maximum absolute atomic E-state index is 8.18. The fourth-order valence-corrected chi connectivity index (χ4v) is 8.28. The van der Waals surface area contributed by atoms with Crippen LogP contribution >= 0.6 is 0 Å². The van der Waals surface area contributed by atoms with E-state index in [1.54, 1.807) is 18.3 Å². The van der Waals surface area contributed by atoms with Gasteiger partial charge in [0.15, 0.2) is 0 Å². The minimum Gasteiger partial charge on any atom is -0.345 e. The summed E-state index contributed by atoms with van der Waals surface area (Å²) in [6, 6.07) is 70.4. The van der Waals surface area contributed by atoms with E-state index >= 15 is 0 Å². The summed E-state index contributed by atoms with van der Waals surface area (Å²) in [7, 11) is 0. The molecule has 0 fully saturated rings. The fourth-order valence-electron chi connectivity index (χ4n) is 8.28. The molecule has 3 heterocycles. The summed E-state index contributed by atoms with van der Waals surface area (Å²) in [6.07, 6.45) is 1.58. The molecule has 2 aromatic heterocycles. The average molecular weight is 891 g/mol. The first kappa shape index (κ1) is 31.2. The van der Waals surface area contributed by atoms with Crippen molar-refractivity contribution in [3.8, 4) is 5.82 Å². The van der Waals surface area contributed by atoms with Gasteiger partial charge in [-0.3, -0.25) is 0 Å². The Bertz CT molecular complexity index is 2850. The van der Waals surface area contributed by atoms with Crippen LogP contribution < -0.4 is 9.80 Å². The van der Waals surface area contributed by atoms with Gasteiger partial charge in [-0.1, -0.05) is 120 Å². The van der Waals surface area contributed by atoms with Gasteiger partial charge < -0.3 is 14.4 Å². The Kier molecular flexibility index (Phi) is 8.05. The second-order valence-electron chi connectivity index (χ2n) is 13.6. The molecule has 0 spiro atoms. The topological polar surface area (TPSA) is 24.3 Å². The van der Waals surface area contributed by atoms with Crippen LogP contribution in [0.5, 0.6) is 0 Å². The summed E-state index contributed by atoms with van der Waals surface area (Å²) in [5.74, 6) is 0.525. The Labute approximate surface area is 340 Å². The number of aryl methyl sites for hydroxylation is 1. The number of nitrogens with zero attached hydrogens (tertiary/aromatic N) is 4. The zero-order valence-electron chi connectivity index (χ0n) is 32.7. The molecule has 0 saturated heterocycles. The van der Waals surface area contributed by atoms with Crippen molar-refractivity contribution in [2.75, 3.05) is 16.5 Å². The van der Waals surface area contributed by atoms with Crippen molar-refractivity contribution in [2.24, 2.45) is 0 Å². The second-order valence-corrected chi connectivity index (χ2v) is 13.6. The predicted octanol–water partition coefficient (Wildman–Crippen LogP) is 11.7. The molecular weight excluding hydrogens is 852 g/mol. The van der Waals surface area contributed by atoms with Crippen molar-refractivity contribution >= 4 is 44.6 Å². The first-order chi connectivity index (χ1) is 27.9. The van der Waals surface area contributed by atoms with E-state index < -0.39 is 12.3 Å². The van der Waals surface area contributed by atoms with E-state index in [-0.39, 0.29) is 26.6 Å². The molecular formula is C50H36N4Pt. The average Bonchev–Trinajstić information content (AvgIpc) is 3.81. The minimum atomic E-state index is -2.28. The van der Waals surface area contributed by atoms with E-state index in [1.165, 1.54) is 0 Å². The predicted molar refractivity (Wildman–Crippen MR) is 221 cm³/mol. The van der Waals surface area contributed by atoms with E-state index in [4.69, 9.17) is 9.10 Å². The van der Waals surface area contributed by atoms with Gasteiger partial charge in [-0.15, -0.1) is 22.6 Å². The first-order valence-corrected chi connectivity index (χ1v) is 18.2. The van der Waals surface area contributed by atoms with Gasteiger partial charge in [0.2, 0.25) is 0 Å². The van der Waals surface area contributed by atoms with Crippen LogP contribution in [0.3, 0.4) is 0 Å². The molecule has 0 saturated carbocycles. The van der Waals surface area contributed by atoms with Crippen LogP contribution in [0.1, 0.15) is 31.9 Å². The van der Waals surface area contributed by atoms with Crippen LogP contribution in [-0.4, -0.2) is 16.2 Å². The zero-order chi connectivity index (χ0) is 38.6. The maximum atomic E-state index is 8.18. The van der Waals surface area contributed by atoms with Gasteiger partial charge in [0.1, 0.15) is 5.82 Å². The molecule has 10 rings (SSSR count). The number of rotatable bonds is 7. The van der Waals surface area contributed by atoms with E-state index in [1.807, 2.05) is 34.9 Å². The third-order valence-electron chi connectivity index (χ3n) is 10.7. The summed E-state index contributed by atoms with van der Waals surface area (Å²) in [6.45, 7) is -1.65. The summed E-state index contributed by atoms with van der Waals surface area (Å²) < 4.78 is 26.6. The number of aromatic nitrogens is 2. The molecule has 1 aliphatic heterocycles. The first-order valence-electron chi connectivity index (χ1n) is 19.7. The second kappa shape index (κ2) is 14.2. The standard InChI is InChI=1S/C50H36N4.Pt/c1-36-30-31-51-49(32-36)54-45-25-12-11-24-43(45)44-29-28-40(34-48(44)54)50(37-16-5-2-6-17-37,38-18-7-3-8-19-38)39-20-15-23-42(33-39)53-35-52(41-21-9-4-10-22-41)46-26-13-14-27-47(46)53;/h2-32H,35H2,1H3;/q-2;+2/i1D3;. The third-order valence-corrected chi connectivity index (χ3v) is 10.7. The van der Waals surface area contributed by atoms with E-state index in [9.17, 15) is 0 Å². The zero-order valence-corrected chi connectivity index (χ0v) is 32.0. The van der Waals surface area contributed by atoms with E-state index in [0.717, 1.165) is 66.8 Å². The van der Waals surface area contributed by atoms with Crippen molar-refractivity contribution in [3.05, 3.63) is 228 Å². The van der Waals surface area contributed by atoms with Gasteiger partial charge >= 0.3 is 21.1 Å².